The lowest BCUT2D eigenvalue weighted by Gasteiger charge is -2.13. The van der Waals surface area contributed by atoms with E-state index in [0.717, 1.165) is 13.0 Å². The average molecular weight is 297 g/mol. The zero-order chi connectivity index (χ0) is 15.1. The largest absolute Gasteiger partial charge is 0.494 e. The number of rotatable bonds is 6. The van der Waals surface area contributed by atoms with Gasteiger partial charge in [-0.2, -0.15) is 0 Å². The van der Waals surface area contributed by atoms with Gasteiger partial charge in [0.25, 0.3) is 5.69 Å². The van der Waals surface area contributed by atoms with Crippen LogP contribution in [0.25, 0.3) is 0 Å². The number of hydrogen-bond acceptors (Lipinski definition) is 4. The molecule has 0 unspecified atom stereocenters. The summed E-state index contributed by atoms with van der Waals surface area (Å²) in [5.41, 5.74) is 0.575. The minimum atomic E-state index is -0.467. The molecule has 0 saturated carbocycles. The van der Waals surface area contributed by atoms with Gasteiger partial charge in [0.1, 0.15) is 5.75 Å². The molecule has 0 saturated heterocycles. The summed E-state index contributed by atoms with van der Waals surface area (Å²) < 4.78 is 5.13. The first-order chi connectivity index (χ1) is 9.43. The molecule has 7 heteroatoms. The highest BCUT2D eigenvalue weighted by atomic mass is 32.1. The van der Waals surface area contributed by atoms with Crippen molar-refractivity contribution in [2.45, 2.75) is 20.3 Å². The van der Waals surface area contributed by atoms with Gasteiger partial charge in [-0.3, -0.25) is 10.1 Å². The summed E-state index contributed by atoms with van der Waals surface area (Å²) in [6, 6.07) is 4.34. The molecule has 0 aromatic heterocycles. The maximum absolute atomic E-state index is 10.7. The van der Waals surface area contributed by atoms with Crippen molar-refractivity contribution >= 4 is 28.7 Å². The third-order valence-electron chi connectivity index (χ3n) is 2.65. The average Bonchev–Trinajstić information content (AvgIpc) is 2.38. The zero-order valence-corrected chi connectivity index (χ0v) is 12.6. The molecule has 0 aliphatic rings. The molecule has 0 aliphatic carbocycles. The third-order valence-corrected chi connectivity index (χ3v) is 2.90. The van der Waals surface area contributed by atoms with Crippen LogP contribution in [0.1, 0.15) is 20.3 Å². The molecule has 110 valence electrons. The number of nitro benzene ring substituents is 1. The van der Waals surface area contributed by atoms with E-state index in [2.05, 4.69) is 24.5 Å². The molecule has 0 bridgehead atoms. The Kier molecular flexibility index (Phi) is 6.17. The van der Waals surface area contributed by atoms with E-state index in [9.17, 15) is 10.1 Å². The molecular weight excluding hydrogens is 278 g/mol. The highest BCUT2D eigenvalue weighted by Crippen LogP contribution is 2.28. The number of non-ortho nitro benzene ring substituents is 1. The monoisotopic (exact) mass is 297 g/mol. The fourth-order valence-electron chi connectivity index (χ4n) is 1.54. The lowest BCUT2D eigenvalue weighted by molar-refractivity contribution is -0.384. The topological polar surface area (TPSA) is 76.4 Å². The molecule has 0 spiro atoms. The molecule has 20 heavy (non-hydrogen) atoms. The molecular formula is C13H19N3O3S. The molecule has 2 N–H and O–H groups in total. The summed E-state index contributed by atoms with van der Waals surface area (Å²) in [7, 11) is 1.46. The second kappa shape index (κ2) is 7.64. The highest BCUT2D eigenvalue weighted by Gasteiger charge is 2.12. The van der Waals surface area contributed by atoms with Crippen LogP contribution in [0.15, 0.2) is 18.2 Å². The third kappa shape index (κ3) is 5.00. The molecule has 0 radical (unpaired) electrons. The van der Waals surface area contributed by atoms with Gasteiger partial charge in [0.15, 0.2) is 5.11 Å². The second-order valence-electron chi connectivity index (χ2n) is 4.71. The molecule has 1 aromatic rings. The minimum Gasteiger partial charge on any atom is -0.494 e. The lowest BCUT2D eigenvalue weighted by atomic mass is 10.1. The molecule has 0 aliphatic heterocycles. The summed E-state index contributed by atoms with van der Waals surface area (Å²) in [6.07, 6.45) is 1.01. The first-order valence-corrected chi connectivity index (χ1v) is 6.72. The van der Waals surface area contributed by atoms with Gasteiger partial charge in [0.05, 0.1) is 23.8 Å². The Morgan fingerprint density at radius 1 is 1.50 bits per heavy atom. The predicted molar refractivity (Wildman–Crippen MR) is 83.3 cm³/mol. The Labute approximate surface area is 123 Å². The molecule has 0 fully saturated rings. The van der Waals surface area contributed by atoms with Crippen LogP contribution in [-0.4, -0.2) is 23.7 Å². The van der Waals surface area contributed by atoms with E-state index in [1.54, 1.807) is 6.07 Å². The normalized spacial score (nSPS) is 10.2. The number of hydrogen-bond donors (Lipinski definition) is 2. The first kappa shape index (κ1) is 16.2. The van der Waals surface area contributed by atoms with Crippen molar-refractivity contribution in [1.82, 2.24) is 5.32 Å². The Morgan fingerprint density at radius 2 is 2.20 bits per heavy atom. The zero-order valence-electron chi connectivity index (χ0n) is 11.8. The predicted octanol–water partition coefficient (Wildman–Crippen LogP) is 2.94. The Balaban J connectivity index is 2.67. The number of methoxy groups -OCH3 is 1. The van der Waals surface area contributed by atoms with E-state index in [0.29, 0.717) is 22.5 Å². The molecule has 1 rings (SSSR count). The van der Waals surface area contributed by atoms with Crippen molar-refractivity contribution in [1.29, 1.82) is 0 Å². The van der Waals surface area contributed by atoms with Crippen molar-refractivity contribution < 1.29 is 9.66 Å². The van der Waals surface area contributed by atoms with E-state index < -0.39 is 4.92 Å². The number of thiocarbonyl (C=S) groups is 1. The fraction of sp³-hybridized carbons (Fsp3) is 0.462. The summed E-state index contributed by atoms with van der Waals surface area (Å²) in [5, 5.41) is 17.2. The van der Waals surface area contributed by atoms with E-state index in [1.807, 2.05) is 0 Å². The van der Waals surface area contributed by atoms with E-state index >= 15 is 0 Å². The molecule has 0 atom stereocenters. The molecule has 0 amide bonds. The summed E-state index contributed by atoms with van der Waals surface area (Å²) >= 11 is 5.17. The fourth-order valence-corrected chi connectivity index (χ4v) is 1.75. The number of benzene rings is 1. The Bertz CT molecular complexity index is 492. The van der Waals surface area contributed by atoms with Crippen LogP contribution < -0.4 is 15.4 Å². The maximum atomic E-state index is 10.7. The summed E-state index contributed by atoms with van der Waals surface area (Å²) in [5.74, 6) is 0.978. The number of anilines is 1. The number of nitrogens with one attached hydrogen (secondary N) is 2. The van der Waals surface area contributed by atoms with Gasteiger partial charge < -0.3 is 15.4 Å². The standard InChI is InChI=1S/C13H19N3O3S/c1-9(2)6-7-14-13(20)15-11-5-4-10(16(17)18)8-12(11)19-3/h4-5,8-9H,6-7H2,1-3H3,(H2,14,15,20). The van der Waals surface area contributed by atoms with Gasteiger partial charge in [0.2, 0.25) is 0 Å². The Hall–Kier alpha value is -1.89. The second-order valence-corrected chi connectivity index (χ2v) is 5.11. The minimum absolute atomic E-state index is 0.0221. The van der Waals surface area contributed by atoms with Crippen molar-refractivity contribution in [3.63, 3.8) is 0 Å². The number of nitro groups is 1. The number of nitrogens with zero attached hydrogens (tertiary/aromatic N) is 1. The molecule has 0 heterocycles. The molecule has 6 nitrogen and oxygen atoms in total. The van der Waals surface area contributed by atoms with Crippen LogP contribution in [0.4, 0.5) is 11.4 Å². The van der Waals surface area contributed by atoms with Gasteiger partial charge in [-0.05, 0) is 30.6 Å². The van der Waals surface area contributed by atoms with Gasteiger partial charge in [-0.25, -0.2) is 0 Å². The van der Waals surface area contributed by atoms with E-state index in [4.69, 9.17) is 17.0 Å². The molecule has 1 aromatic carbocycles. The smallest absolute Gasteiger partial charge is 0.273 e. The first-order valence-electron chi connectivity index (χ1n) is 6.31. The van der Waals surface area contributed by atoms with Crippen LogP contribution in [0.5, 0.6) is 5.75 Å². The SMILES string of the molecule is COc1cc([N+](=O)[O-])ccc1NC(=S)NCCC(C)C. The van der Waals surface area contributed by atoms with Crippen molar-refractivity contribution in [2.24, 2.45) is 5.92 Å². The van der Waals surface area contributed by atoms with Gasteiger partial charge >= 0.3 is 0 Å². The van der Waals surface area contributed by atoms with Crippen LogP contribution >= 0.6 is 12.2 Å². The van der Waals surface area contributed by atoms with Crippen LogP contribution in [0, 0.1) is 16.0 Å². The van der Waals surface area contributed by atoms with Crippen LogP contribution in [0.3, 0.4) is 0 Å². The van der Waals surface area contributed by atoms with Gasteiger partial charge in [0, 0.05) is 12.6 Å². The highest BCUT2D eigenvalue weighted by molar-refractivity contribution is 7.80. The van der Waals surface area contributed by atoms with Crippen molar-refractivity contribution in [2.75, 3.05) is 19.0 Å². The van der Waals surface area contributed by atoms with Crippen molar-refractivity contribution in [3.05, 3.63) is 28.3 Å². The summed E-state index contributed by atoms with van der Waals surface area (Å²) in [6.45, 7) is 5.05. The van der Waals surface area contributed by atoms with E-state index in [-0.39, 0.29) is 5.69 Å². The maximum Gasteiger partial charge on any atom is 0.273 e. The van der Waals surface area contributed by atoms with Crippen LogP contribution in [-0.2, 0) is 0 Å². The van der Waals surface area contributed by atoms with E-state index in [1.165, 1.54) is 19.2 Å². The number of ether oxygens (including phenoxy) is 1. The van der Waals surface area contributed by atoms with Gasteiger partial charge in [-0.15, -0.1) is 0 Å². The van der Waals surface area contributed by atoms with Crippen LogP contribution in [0.2, 0.25) is 0 Å². The van der Waals surface area contributed by atoms with Crippen molar-refractivity contribution in [3.8, 4) is 5.75 Å². The Morgan fingerprint density at radius 3 is 2.75 bits per heavy atom. The quantitative estimate of drug-likeness (QED) is 0.477. The van der Waals surface area contributed by atoms with Gasteiger partial charge in [-0.1, -0.05) is 13.8 Å². The summed E-state index contributed by atoms with van der Waals surface area (Å²) in [4.78, 5) is 10.2. The lowest BCUT2D eigenvalue weighted by Crippen LogP contribution is -2.30.